The van der Waals surface area contributed by atoms with Gasteiger partial charge in [-0.05, 0) is 38.3 Å². The van der Waals surface area contributed by atoms with E-state index in [4.69, 9.17) is 8.85 Å². The molecular weight excluding hydrogens is 204 g/mol. The predicted molar refractivity (Wildman–Crippen MR) is 68.3 cm³/mol. The summed E-state index contributed by atoms with van der Waals surface area (Å²) in [6.45, 7) is 11.9. The van der Waals surface area contributed by atoms with Gasteiger partial charge in [-0.1, -0.05) is 19.9 Å². The molecule has 0 amide bonds. The van der Waals surface area contributed by atoms with Crippen LogP contribution in [-0.2, 0) is 8.85 Å². The highest BCUT2D eigenvalue weighted by atomic mass is 28.4. The minimum absolute atomic E-state index is 0.834. The Kier molecular flexibility index (Phi) is 9.05. The Morgan fingerprint density at radius 3 is 2.07 bits per heavy atom. The van der Waals surface area contributed by atoms with Gasteiger partial charge in [-0.25, -0.2) is 0 Å². The van der Waals surface area contributed by atoms with Crippen molar-refractivity contribution in [2.45, 2.75) is 52.1 Å². The van der Waals surface area contributed by atoms with E-state index >= 15 is 0 Å². The van der Waals surface area contributed by atoms with Crippen LogP contribution in [0.2, 0.25) is 12.6 Å². The fourth-order valence-electron chi connectivity index (χ4n) is 1.39. The van der Waals surface area contributed by atoms with E-state index in [2.05, 4.69) is 27.0 Å². The van der Waals surface area contributed by atoms with E-state index in [1.165, 1.54) is 0 Å². The molecule has 0 aromatic carbocycles. The van der Waals surface area contributed by atoms with Gasteiger partial charge >= 0.3 is 8.56 Å². The van der Waals surface area contributed by atoms with Gasteiger partial charge in [0.2, 0.25) is 0 Å². The maximum absolute atomic E-state index is 5.91. The normalized spacial score (nSPS) is 11.7. The summed E-state index contributed by atoms with van der Waals surface area (Å²) in [5.74, 6) is 0. The average Bonchev–Trinajstić information content (AvgIpc) is 2.24. The molecule has 0 aliphatic rings. The molecule has 0 unspecified atom stereocenters. The first-order chi connectivity index (χ1) is 7.18. The van der Waals surface area contributed by atoms with Crippen LogP contribution in [0.25, 0.3) is 0 Å². The maximum atomic E-state index is 5.91. The Hall–Kier alpha value is -0.123. The van der Waals surface area contributed by atoms with Gasteiger partial charge in [0.05, 0.1) is 0 Å². The van der Waals surface area contributed by atoms with Crippen LogP contribution in [0.15, 0.2) is 12.7 Å². The van der Waals surface area contributed by atoms with Gasteiger partial charge in [0.25, 0.3) is 0 Å². The zero-order valence-corrected chi connectivity index (χ0v) is 11.6. The summed E-state index contributed by atoms with van der Waals surface area (Å²) in [7, 11) is -1.88. The van der Waals surface area contributed by atoms with Crippen molar-refractivity contribution in [3.63, 3.8) is 0 Å². The molecular formula is C12H26O2Si. The summed E-state index contributed by atoms with van der Waals surface area (Å²) in [6, 6.07) is 1.08. The Labute approximate surface area is 95.9 Å². The summed E-state index contributed by atoms with van der Waals surface area (Å²) in [4.78, 5) is 0. The van der Waals surface area contributed by atoms with Crippen LogP contribution in [0.4, 0.5) is 0 Å². The van der Waals surface area contributed by atoms with Crippen molar-refractivity contribution < 1.29 is 8.85 Å². The largest absolute Gasteiger partial charge is 0.394 e. The fraction of sp³-hybridized carbons (Fsp3) is 0.833. The summed E-state index contributed by atoms with van der Waals surface area (Å²) in [6.07, 6.45) is 6.31. The van der Waals surface area contributed by atoms with Gasteiger partial charge in [-0.2, -0.15) is 0 Å². The Morgan fingerprint density at radius 1 is 1.13 bits per heavy atom. The molecule has 0 aromatic heterocycles. The van der Waals surface area contributed by atoms with Gasteiger partial charge < -0.3 is 8.85 Å². The van der Waals surface area contributed by atoms with Crippen molar-refractivity contribution in [2.75, 3.05) is 13.2 Å². The Morgan fingerprint density at radius 2 is 1.67 bits per heavy atom. The van der Waals surface area contributed by atoms with Crippen LogP contribution in [0.3, 0.4) is 0 Å². The maximum Gasteiger partial charge on any atom is 0.334 e. The van der Waals surface area contributed by atoms with Gasteiger partial charge in [0, 0.05) is 13.2 Å². The van der Waals surface area contributed by atoms with E-state index in [1.54, 1.807) is 0 Å². The third-order valence-electron chi connectivity index (χ3n) is 2.26. The van der Waals surface area contributed by atoms with E-state index < -0.39 is 8.56 Å². The van der Waals surface area contributed by atoms with Crippen LogP contribution >= 0.6 is 0 Å². The van der Waals surface area contributed by atoms with E-state index in [1.807, 2.05) is 6.08 Å². The van der Waals surface area contributed by atoms with Crippen LogP contribution < -0.4 is 0 Å². The van der Waals surface area contributed by atoms with Gasteiger partial charge in [-0.15, -0.1) is 6.58 Å². The molecule has 0 saturated heterocycles. The second-order valence-corrected chi connectivity index (χ2v) is 7.36. The van der Waals surface area contributed by atoms with E-state index in [0.717, 1.165) is 44.9 Å². The van der Waals surface area contributed by atoms with Crippen molar-refractivity contribution in [3.8, 4) is 0 Å². The summed E-state index contributed by atoms with van der Waals surface area (Å²) >= 11 is 0. The Balaban J connectivity index is 3.94. The summed E-state index contributed by atoms with van der Waals surface area (Å²) < 4.78 is 11.8. The lowest BCUT2D eigenvalue weighted by atomic mass is 10.3. The predicted octanol–water partition coefficient (Wildman–Crippen LogP) is 3.88. The SMILES string of the molecule is C=CCCC[Si](C)(OCCC)OCCC. The quantitative estimate of drug-likeness (QED) is 0.322. The molecule has 0 aromatic rings. The minimum Gasteiger partial charge on any atom is -0.394 e. The van der Waals surface area contributed by atoms with Crippen molar-refractivity contribution in [2.24, 2.45) is 0 Å². The number of hydrogen-bond donors (Lipinski definition) is 0. The lowest BCUT2D eigenvalue weighted by molar-refractivity contribution is 0.172. The zero-order chi connectivity index (χ0) is 11.6. The molecule has 0 rings (SSSR count). The molecule has 3 heteroatoms. The van der Waals surface area contributed by atoms with Gasteiger partial charge in [0.15, 0.2) is 0 Å². The van der Waals surface area contributed by atoms with Gasteiger partial charge in [-0.3, -0.25) is 0 Å². The smallest absolute Gasteiger partial charge is 0.334 e. The molecule has 0 N–H and O–H groups in total. The minimum atomic E-state index is -1.88. The first-order valence-electron chi connectivity index (χ1n) is 6.07. The second kappa shape index (κ2) is 9.13. The third-order valence-corrected chi connectivity index (χ3v) is 5.15. The topological polar surface area (TPSA) is 18.5 Å². The number of unbranched alkanes of at least 4 members (excludes halogenated alkanes) is 1. The van der Waals surface area contributed by atoms with E-state index in [9.17, 15) is 0 Å². The summed E-state index contributed by atoms with van der Waals surface area (Å²) in [5.41, 5.74) is 0. The molecule has 0 bridgehead atoms. The lowest BCUT2D eigenvalue weighted by Crippen LogP contribution is -2.39. The molecule has 0 heterocycles. The third kappa shape index (κ3) is 7.77. The van der Waals surface area contributed by atoms with Crippen LogP contribution in [0.1, 0.15) is 39.5 Å². The van der Waals surface area contributed by atoms with Crippen molar-refractivity contribution in [1.29, 1.82) is 0 Å². The lowest BCUT2D eigenvalue weighted by Gasteiger charge is -2.26. The van der Waals surface area contributed by atoms with Crippen LogP contribution in [0.5, 0.6) is 0 Å². The molecule has 15 heavy (non-hydrogen) atoms. The first kappa shape index (κ1) is 14.9. The first-order valence-corrected chi connectivity index (χ1v) is 8.59. The Bertz CT molecular complexity index is 152. The number of rotatable bonds is 10. The monoisotopic (exact) mass is 230 g/mol. The molecule has 0 spiro atoms. The molecule has 0 radical (unpaired) electrons. The molecule has 2 nitrogen and oxygen atoms in total. The average molecular weight is 230 g/mol. The second-order valence-electron chi connectivity index (χ2n) is 4.01. The van der Waals surface area contributed by atoms with E-state index in [0.29, 0.717) is 0 Å². The molecule has 0 aliphatic carbocycles. The van der Waals surface area contributed by atoms with Crippen LogP contribution in [0, 0.1) is 0 Å². The van der Waals surface area contributed by atoms with Crippen LogP contribution in [-0.4, -0.2) is 21.8 Å². The van der Waals surface area contributed by atoms with Gasteiger partial charge in [0.1, 0.15) is 0 Å². The zero-order valence-electron chi connectivity index (χ0n) is 10.6. The van der Waals surface area contributed by atoms with Crippen molar-refractivity contribution >= 4 is 8.56 Å². The standard InChI is InChI=1S/C12H26O2Si/c1-5-8-9-12-15(4,13-10-6-2)14-11-7-3/h5H,1,6-12H2,2-4H3. The highest BCUT2D eigenvalue weighted by Gasteiger charge is 2.30. The fourth-order valence-corrected chi connectivity index (χ4v) is 3.88. The van der Waals surface area contributed by atoms with Crippen molar-refractivity contribution in [1.82, 2.24) is 0 Å². The highest BCUT2D eigenvalue weighted by Crippen LogP contribution is 2.18. The van der Waals surface area contributed by atoms with Crippen molar-refractivity contribution in [3.05, 3.63) is 12.7 Å². The summed E-state index contributed by atoms with van der Waals surface area (Å²) in [5, 5.41) is 0. The highest BCUT2D eigenvalue weighted by molar-refractivity contribution is 6.66. The molecule has 0 saturated carbocycles. The molecule has 0 fully saturated rings. The number of allylic oxidation sites excluding steroid dienone is 1. The molecule has 90 valence electrons. The molecule has 0 atom stereocenters. The van der Waals surface area contributed by atoms with E-state index in [-0.39, 0.29) is 0 Å². The number of hydrogen-bond acceptors (Lipinski definition) is 2. The molecule has 0 aliphatic heterocycles.